The normalized spacial score (nSPS) is 10.2. The molecule has 0 aliphatic carbocycles. The number of esters is 1. The number of hydrogen-bond acceptors (Lipinski definition) is 6. The first-order chi connectivity index (χ1) is 13.6. The van der Waals surface area contributed by atoms with Gasteiger partial charge in [-0.05, 0) is 60.2 Å². The van der Waals surface area contributed by atoms with E-state index < -0.39 is 5.97 Å². The lowest BCUT2D eigenvalue weighted by Crippen LogP contribution is -2.31. The summed E-state index contributed by atoms with van der Waals surface area (Å²) >= 11 is 5.04. The van der Waals surface area contributed by atoms with Gasteiger partial charge in [-0.1, -0.05) is 6.08 Å². The van der Waals surface area contributed by atoms with Crippen LogP contribution in [-0.4, -0.2) is 38.1 Å². The molecule has 2 aromatic rings. The van der Waals surface area contributed by atoms with Gasteiger partial charge in [0.05, 0.1) is 26.0 Å². The van der Waals surface area contributed by atoms with E-state index in [1.807, 2.05) is 0 Å². The van der Waals surface area contributed by atoms with Crippen molar-refractivity contribution in [2.45, 2.75) is 0 Å². The van der Waals surface area contributed by atoms with Gasteiger partial charge in [-0.25, -0.2) is 4.79 Å². The van der Waals surface area contributed by atoms with E-state index in [1.165, 1.54) is 7.11 Å². The summed E-state index contributed by atoms with van der Waals surface area (Å²) in [5.41, 5.74) is 3.82. The van der Waals surface area contributed by atoms with Gasteiger partial charge in [-0.15, -0.1) is 6.58 Å². The molecule has 0 bridgehead atoms. The molecule has 0 saturated heterocycles. The maximum Gasteiger partial charge on any atom is 0.343 e. The molecule has 8 heteroatoms. The number of methoxy groups -OCH3 is 2. The van der Waals surface area contributed by atoms with Crippen molar-refractivity contribution in [1.82, 2.24) is 10.7 Å². The molecule has 146 valence electrons. The molecule has 0 aliphatic rings. The van der Waals surface area contributed by atoms with Gasteiger partial charge < -0.3 is 19.5 Å². The predicted octanol–water partition coefficient (Wildman–Crippen LogP) is 2.91. The Morgan fingerprint density at radius 3 is 2.54 bits per heavy atom. The molecule has 2 aromatic carbocycles. The molecule has 0 amide bonds. The van der Waals surface area contributed by atoms with Gasteiger partial charge in [0.1, 0.15) is 5.75 Å². The molecule has 28 heavy (non-hydrogen) atoms. The Balaban J connectivity index is 2.04. The highest BCUT2D eigenvalue weighted by Gasteiger charge is 2.13. The Bertz CT molecular complexity index is 866. The number of thiocarbonyl (C=S) groups is 1. The SMILES string of the molecule is C=CCNC(=S)N/N=C/c1ccc(OC(=O)c2ccc(OC)cc2)c(OC)c1. The highest BCUT2D eigenvalue weighted by atomic mass is 32.1. The minimum Gasteiger partial charge on any atom is -0.497 e. The number of rotatable bonds is 8. The number of ether oxygens (including phenoxy) is 3. The first-order valence-corrected chi connectivity index (χ1v) is 8.70. The maximum absolute atomic E-state index is 12.3. The third-order valence-electron chi connectivity index (χ3n) is 3.50. The lowest BCUT2D eigenvalue weighted by Gasteiger charge is -2.10. The molecule has 0 atom stereocenters. The molecule has 2 N–H and O–H groups in total. The van der Waals surface area contributed by atoms with Crippen molar-refractivity contribution < 1.29 is 19.0 Å². The molecule has 2 rings (SSSR count). The molecule has 0 aliphatic heterocycles. The second kappa shape index (κ2) is 10.7. The number of carbonyl (C=O) groups excluding carboxylic acids is 1. The number of carbonyl (C=O) groups is 1. The molecule has 7 nitrogen and oxygen atoms in total. The van der Waals surface area contributed by atoms with Crippen LogP contribution in [-0.2, 0) is 0 Å². The fourth-order valence-electron chi connectivity index (χ4n) is 2.10. The van der Waals surface area contributed by atoms with Crippen LogP contribution < -0.4 is 25.0 Å². The second-order valence-corrected chi connectivity index (χ2v) is 5.81. The molecular formula is C20H21N3O4S. The maximum atomic E-state index is 12.3. The van der Waals surface area contributed by atoms with Gasteiger partial charge in [0.15, 0.2) is 16.6 Å². The lowest BCUT2D eigenvalue weighted by molar-refractivity contribution is 0.0729. The third kappa shape index (κ3) is 6.10. The molecule has 0 unspecified atom stereocenters. The van der Waals surface area contributed by atoms with Gasteiger partial charge in [0.25, 0.3) is 0 Å². The van der Waals surface area contributed by atoms with Crippen LogP contribution in [0.1, 0.15) is 15.9 Å². The van der Waals surface area contributed by atoms with Crippen LogP contribution in [0.15, 0.2) is 60.2 Å². The smallest absolute Gasteiger partial charge is 0.343 e. The van der Waals surface area contributed by atoms with E-state index in [-0.39, 0.29) is 0 Å². The minimum absolute atomic E-state index is 0.302. The number of hydrogen-bond donors (Lipinski definition) is 2. The largest absolute Gasteiger partial charge is 0.497 e. The van der Waals surface area contributed by atoms with E-state index in [1.54, 1.807) is 61.9 Å². The summed E-state index contributed by atoms with van der Waals surface area (Å²) in [6.07, 6.45) is 3.26. The fourth-order valence-corrected chi connectivity index (χ4v) is 2.24. The van der Waals surface area contributed by atoms with Crippen molar-refractivity contribution in [3.8, 4) is 17.2 Å². The summed E-state index contributed by atoms with van der Waals surface area (Å²) in [5.74, 6) is 0.864. The number of nitrogens with one attached hydrogen (secondary N) is 2. The number of benzene rings is 2. The van der Waals surface area contributed by atoms with Crippen LogP contribution in [0.5, 0.6) is 17.2 Å². The van der Waals surface area contributed by atoms with Crippen LogP contribution in [0, 0.1) is 0 Å². The summed E-state index contributed by atoms with van der Waals surface area (Å²) in [6, 6.07) is 11.7. The van der Waals surface area contributed by atoms with E-state index in [0.29, 0.717) is 34.5 Å². The first kappa shape index (κ1) is 20.9. The van der Waals surface area contributed by atoms with Gasteiger partial charge >= 0.3 is 5.97 Å². The standard InChI is InChI=1S/C20H21N3O4S/c1-4-11-21-20(28)23-22-13-14-5-10-17(18(12-14)26-3)27-19(24)15-6-8-16(25-2)9-7-15/h4-10,12-13H,1,11H2,2-3H3,(H2,21,23,28)/b22-13+. The minimum atomic E-state index is -0.498. The third-order valence-corrected chi connectivity index (χ3v) is 3.74. The molecule has 0 spiro atoms. The molecule has 0 aromatic heterocycles. The quantitative estimate of drug-likeness (QED) is 0.176. The van der Waals surface area contributed by atoms with Crippen molar-refractivity contribution in [1.29, 1.82) is 0 Å². The molecule has 0 saturated carbocycles. The highest BCUT2D eigenvalue weighted by Crippen LogP contribution is 2.28. The van der Waals surface area contributed by atoms with E-state index in [0.717, 1.165) is 5.56 Å². The predicted molar refractivity (Wildman–Crippen MR) is 112 cm³/mol. The average Bonchev–Trinajstić information content (AvgIpc) is 2.73. The topological polar surface area (TPSA) is 81.2 Å². The van der Waals surface area contributed by atoms with Gasteiger partial charge in [0.2, 0.25) is 0 Å². The molecule has 0 radical (unpaired) electrons. The highest BCUT2D eigenvalue weighted by molar-refractivity contribution is 7.80. The van der Waals surface area contributed by atoms with Crippen molar-refractivity contribution in [2.75, 3.05) is 20.8 Å². The fraction of sp³-hybridized carbons (Fsp3) is 0.150. The summed E-state index contributed by atoms with van der Waals surface area (Å²) in [4.78, 5) is 12.3. The van der Waals surface area contributed by atoms with Crippen LogP contribution >= 0.6 is 12.2 Å². The Labute approximate surface area is 169 Å². The zero-order chi connectivity index (χ0) is 20.4. The zero-order valence-corrected chi connectivity index (χ0v) is 16.4. The van der Waals surface area contributed by atoms with Crippen LogP contribution in [0.3, 0.4) is 0 Å². The summed E-state index contributed by atoms with van der Waals surface area (Å²) in [6.45, 7) is 4.14. The van der Waals surface area contributed by atoms with Crippen LogP contribution in [0.25, 0.3) is 0 Å². The van der Waals surface area contributed by atoms with Gasteiger partial charge in [0, 0.05) is 6.54 Å². The van der Waals surface area contributed by atoms with Gasteiger partial charge in [-0.3, -0.25) is 5.43 Å². The summed E-state index contributed by atoms with van der Waals surface area (Å²) < 4.78 is 15.8. The Kier molecular flexibility index (Phi) is 7.98. The van der Waals surface area contributed by atoms with E-state index >= 15 is 0 Å². The molecular weight excluding hydrogens is 378 g/mol. The number of nitrogens with zero attached hydrogens (tertiary/aromatic N) is 1. The van der Waals surface area contributed by atoms with Crippen molar-refractivity contribution in [3.63, 3.8) is 0 Å². The van der Waals surface area contributed by atoms with Crippen LogP contribution in [0.2, 0.25) is 0 Å². The average molecular weight is 399 g/mol. The first-order valence-electron chi connectivity index (χ1n) is 8.29. The van der Waals surface area contributed by atoms with Gasteiger partial charge in [-0.2, -0.15) is 5.10 Å². The second-order valence-electron chi connectivity index (χ2n) is 5.40. The molecule has 0 heterocycles. The van der Waals surface area contributed by atoms with Crippen molar-refractivity contribution >= 4 is 29.5 Å². The molecule has 0 fully saturated rings. The van der Waals surface area contributed by atoms with E-state index in [2.05, 4.69) is 22.4 Å². The zero-order valence-electron chi connectivity index (χ0n) is 15.6. The lowest BCUT2D eigenvalue weighted by atomic mass is 10.2. The van der Waals surface area contributed by atoms with Crippen molar-refractivity contribution in [2.24, 2.45) is 5.10 Å². The van der Waals surface area contributed by atoms with E-state index in [9.17, 15) is 4.79 Å². The van der Waals surface area contributed by atoms with E-state index in [4.69, 9.17) is 26.4 Å². The number of hydrazone groups is 1. The summed E-state index contributed by atoms with van der Waals surface area (Å²) in [7, 11) is 3.05. The Hall–Kier alpha value is -3.39. The van der Waals surface area contributed by atoms with Crippen molar-refractivity contribution in [3.05, 3.63) is 66.2 Å². The summed E-state index contributed by atoms with van der Waals surface area (Å²) in [5, 5.41) is 7.31. The van der Waals surface area contributed by atoms with Crippen LogP contribution in [0.4, 0.5) is 0 Å². The Morgan fingerprint density at radius 2 is 1.89 bits per heavy atom. The Morgan fingerprint density at radius 1 is 1.14 bits per heavy atom. The monoisotopic (exact) mass is 399 g/mol.